The molecule has 0 spiro atoms. The van der Waals surface area contributed by atoms with E-state index in [1.165, 1.54) is 7.11 Å². The van der Waals surface area contributed by atoms with E-state index >= 15 is 0 Å². The van der Waals surface area contributed by atoms with Gasteiger partial charge < -0.3 is 63.7 Å². The van der Waals surface area contributed by atoms with E-state index in [1.807, 2.05) is 6.11 Å². The molecule has 2 saturated heterocycles. The van der Waals surface area contributed by atoms with Crippen LogP contribution in [0.5, 0.6) is 0 Å². The van der Waals surface area contributed by atoms with Crippen molar-refractivity contribution in [2.45, 2.75) is 76.1 Å². The van der Waals surface area contributed by atoms with Crippen molar-refractivity contribution < 1.29 is 142 Å². The summed E-state index contributed by atoms with van der Waals surface area (Å²) < 4.78 is 50.9. The second-order valence-electron chi connectivity index (χ2n) is 10.3. The zero-order valence-corrected chi connectivity index (χ0v) is 33.8. The minimum atomic E-state index is -1.51. The Morgan fingerprint density at radius 1 is 0.667 bits per heavy atom. The fourth-order valence-corrected chi connectivity index (χ4v) is 5.61. The summed E-state index contributed by atoms with van der Waals surface area (Å²) in [5, 5.41) is 55.7. The maximum atomic E-state index is 9.88. The normalized spacial score (nSPS) is 30.9. The molecule has 0 aromatic rings. The van der Waals surface area contributed by atoms with E-state index in [2.05, 4.69) is 45.6 Å². The van der Waals surface area contributed by atoms with Crippen molar-refractivity contribution in [3.8, 4) is 25.1 Å². The minimum Gasteiger partial charge on any atom is -0.691 e. The number of aliphatic hydroxyl groups excluding tert-OH is 3. The summed E-state index contributed by atoms with van der Waals surface area (Å²) in [5.74, 6) is 1.31. The minimum absolute atomic E-state index is 0. The van der Waals surface area contributed by atoms with Crippen LogP contribution in [0.15, 0.2) is 0 Å². The van der Waals surface area contributed by atoms with Gasteiger partial charge in [0.15, 0.2) is 24.8 Å². The summed E-state index contributed by atoms with van der Waals surface area (Å²) in [6.45, 7) is 7.02. The first-order valence-electron chi connectivity index (χ1n) is 14.0. The summed E-state index contributed by atoms with van der Waals surface area (Å²) in [6, 6.07) is 0. The quantitative estimate of drug-likeness (QED) is 0.0263. The van der Waals surface area contributed by atoms with Gasteiger partial charge >= 0.3 is 59.1 Å². The first-order chi connectivity index (χ1) is 22.1. The zero-order chi connectivity index (χ0) is 34.5. The number of methoxy groups -OCH3 is 2. The molecule has 2 fully saturated rings. The molecule has 268 valence electrons. The van der Waals surface area contributed by atoms with Crippen LogP contribution in [0.2, 0.25) is 0 Å². The summed E-state index contributed by atoms with van der Waals surface area (Å²) in [5.41, 5.74) is 0. The average Bonchev–Trinajstić information content (AvgIpc) is 3.04. The number of aliphatic hydroxyl groups is 3. The van der Waals surface area contributed by atoms with Gasteiger partial charge in [-0.3, -0.25) is 10.1 Å². The number of terminal acetylenes is 2. The van der Waals surface area contributed by atoms with E-state index < -0.39 is 36.8 Å². The molecule has 0 aliphatic carbocycles. The fourth-order valence-electron chi connectivity index (χ4n) is 4.49. The predicted molar refractivity (Wildman–Crippen MR) is 155 cm³/mol. The number of rotatable bonds is 20. The molecule has 2 aliphatic rings. The van der Waals surface area contributed by atoms with Crippen molar-refractivity contribution in [1.82, 2.24) is 0 Å². The largest absolute Gasteiger partial charge is 1.00 e. The Hall–Kier alpha value is 0.820. The van der Waals surface area contributed by atoms with Gasteiger partial charge in [0.2, 0.25) is 0 Å². The van der Waals surface area contributed by atoms with Crippen LogP contribution in [0.25, 0.3) is 0 Å². The van der Waals surface area contributed by atoms with Gasteiger partial charge in [0, 0.05) is 50.0 Å². The zero-order valence-electron chi connectivity index (χ0n) is 28.2. The maximum Gasteiger partial charge on any atom is 1.00 e. The number of ether oxygens (including phenoxy) is 8. The van der Waals surface area contributed by atoms with E-state index in [4.69, 9.17) is 50.7 Å². The first-order valence-corrected chi connectivity index (χ1v) is 15.9. The van der Waals surface area contributed by atoms with Crippen LogP contribution in [0.1, 0.15) is 20.8 Å². The summed E-state index contributed by atoms with van der Waals surface area (Å²) in [7, 11) is 3.02. The van der Waals surface area contributed by atoms with E-state index in [-0.39, 0.29) is 109 Å². The van der Waals surface area contributed by atoms with Crippen molar-refractivity contribution >= 4 is 24.1 Å². The molecule has 2 aliphatic heterocycles. The van der Waals surface area contributed by atoms with Gasteiger partial charge in [-0.25, -0.2) is 0 Å². The molecule has 12 unspecified atom stereocenters. The monoisotopic (exact) mass is 750 g/mol. The predicted octanol–water partition coefficient (Wildman–Crippen LogP) is -7.56. The molecule has 0 amide bonds. The van der Waals surface area contributed by atoms with Gasteiger partial charge in [0.1, 0.15) is 36.6 Å². The van der Waals surface area contributed by atoms with Crippen LogP contribution in [0.4, 0.5) is 0 Å². The molecule has 12 atom stereocenters. The van der Waals surface area contributed by atoms with Gasteiger partial charge in [-0.15, -0.1) is 0 Å². The van der Waals surface area contributed by atoms with Crippen LogP contribution in [-0.4, -0.2) is 123 Å². The van der Waals surface area contributed by atoms with Crippen molar-refractivity contribution in [3.05, 3.63) is 0 Å². The number of hydrogen-bond acceptors (Lipinski definition) is 19. The second kappa shape index (κ2) is 30.3. The van der Waals surface area contributed by atoms with Gasteiger partial charge in [-0.1, -0.05) is 33.6 Å². The molecule has 21 heteroatoms. The van der Waals surface area contributed by atoms with Crippen LogP contribution in [0, 0.1) is 42.8 Å². The summed E-state index contributed by atoms with van der Waals surface area (Å²) in [4.78, 5) is 0. The Morgan fingerprint density at radius 3 is 1.58 bits per heavy atom. The Balaban J connectivity index is 0. The molecule has 2 rings (SSSR count). The third kappa shape index (κ3) is 18.5. The Bertz CT molecular complexity index is 807. The van der Waals surface area contributed by atoms with Crippen LogP contribution in [-0.2, 0) is 56.6 Å². The van der Waals surface area contributed by atoms with Crippen LogP contribution < -0.4 is 69.6 Å². The van der Waals surface area contributed by atoms with Gasteiger partial charge in [-0.05, 0) is 11.8 Å². The first kappa shape index (κ1) is 50.9. The molecule has 2 heterocycles. The van der Waals surface area contributed by atoms with Crippen molar-refractivity contribution in [2.75, 3.05) is 52.2 Å². The molecule has 3 N–H and O–H groups in total. The SMILES string of the molecule is C#COC(COC)COC1OC(CSOO[O-])C(C)C(C)C1C.C#COC(COC)COC1OC(CSOO[O-])C(O)C(O)C1O.[Na+].[Na+]. The molecule has 0 bridgehead atoms. The van der Waals surface area contributed by atoms with Crippen LogP contribution >= 0.6 is 24.1 Å². The van der Waals surface area contributed by atoms with E-state index in [1.54, 1.807) is 7.11 Å². The fraction of sp³-hybridized carbons (Fsp3) is 0.852. The van der Waals surface area contributed by atoms with Crippen LogP contribution in [0.3, 0.4) is 0 Å². The Labute approximate surface area is 334 Å². The smallest absolute Gasteiger partial charge is 0.691 e. The van der Waals surface area contributed by atoms with Gasteiger partial charge in [0.25, 0.3) is 0 Å². The van der Waals surface area contributed by atoms with Crippen molar-refractivity contribution in [3.63, 3.8) is 0 Å². The molecule has 0 radical (unpaired) electrons. The summed E-state index contributed by atoms with van der Waals surface area (Å²) in [6.07, 6.45) is 6.28. The van der Waals surface area contributed by atoms with Crippen molar-refractivity contribution in [2.24, 2.45) is 17.8 Å². The molecule has 0 aromatic heterocycles. The summed E-state index contributed by atoms with van der Waals surface area (Å²) >= 11 is 1.49. The molecular weight excluding hydrogens is 706 g/mol. The van der Waals surface area contributed by atoms with E-state index in [0.717, 1.165) is 12.0 Å². The third-order valence-electron chi connectivity index (χ3n) is 7.34. The average molecular weight is 751 g/mol. The Morgan fingerprint density at radius 2 is 1.12 bits per heavy atom. The maximum absolute atomic E-state index is 9.88. The van der Waals surface area contributed by atoms with Gasteiger partial charge in [-0.2, -0.15) is 8.67 Å². The Kier molecular flexibility index (Phi) is 32.1. The second-order valence-corrected chi connectivity index (χ2v) is 11.7. The molecule has 48 heavy (non-hydrogen) atoms. The molecule has 0 aromatic carbocycles. The molecular formula is C27H44Na2O17S2. The molecule has 0 saturated carbocycles. The number of hydrogen-bond donors (Lipinski definition) is 3. The van der Waals surface area contributed by atoms with E-state index in [0.29, 0.717) is 36.2 Å². The van der Waals surface area contributed by atoms with Crippen molar-refractivity contribution in [1.29, 1.82) is 0 Å². The molecule has 17 nitrogen and oxygen atoms in total. The standard InChI is InChI=1S/C15H26O7S.C12H20O10S.2Na/c1-6-18-13(7-17-5)8-19-15-12(4)10(2)11(3)14(20-15)9-23-22-21-16;1-3-18-7(4-17-2)5-19-12-11(15)10(14)9(13)8(20-12)6-23-22-21-16;;/h1,10-16H,7-9H2,2-5H3;1,7-16H,4-6H2,2H3;;/q;;2*+1/p-2. The van der Waals surface area contributed by atoms with E-state index in [9.17, 15) is 25.8 Å². The topological polar surface area (TPSA) is 218 Å². The third-order valence-corrected chi connectivity index (χ3v) is 8.57. The van der Waals surface area contributed by atoms with Gasteiger partial charge in [0.05, 0.1) is 38.3 Å².